The lowest BCUT2D eigenvalue weighted by Crippen LogP contribution is -1.95. The third kappa shape index (κ3) is 2.47. The first-order valence-electron chi connectivity index (χ1n) is 6.10. The second-order valence-corrected chi connectivity index (χ2v) is 4.38. The van der Waals surface area contributed by atoms with E-state index in [-0.39, 0.29) is 5.56 Å². The van der Waals surface area contributed by atoms with Crippen molar-refractivity contribution in [2.75, 3.05) is 0 Å². The van der Waals surface area contributed by atoms with Crippen LogP contribution in [0.15, 0.2) is 48.8 Å². The number of carboxylic acids is 1. The molecule has 3 aromatic rings. The summed E-state index contributed by atoms with van der Waals surface area (Å²) in [4.78, 5) is 18.1. The Morgan fingerprint density at radius 3 is 2.95 bits per heavy atom. The second-order valence-electron chi connectivity index (χ2n) is 4.38. The molecule has 0 aliphatic rings. The molecule has 5 nitrogen and oxygen atoms in total. The highest BCUT2D eigenvalue weighted by Gasteiger charge is 2.06. The van der Waals surface area contributed by atoms with E-state index < -0.39 is 5.97 Å². The topological polar surface area (TPSA) is 75.2 Å². The lowest BCUT2D eigenvalue weighted by atomic mass is 10.1. The normalized spacial score (nSPS) is 10.6. The lowest BCUT2D eigenvalue weighted by Gasteiger charge is -2.02. The quantitative estimate of drug-likeness (QED) is 0.763. The molecule has 0 fully saturated rings. The van der Waals surface area contributed by atoms with Gasteiger partial charge in [0.25, 0.3) is 0 Å². The van der Waals surface area contributed by atoms with E-state index in [9.17, 15) is 4.79 Å². The maximum absolute atomic E-state index is 10.9. The van der Waals surface area contributed by atoms with Crippen molar-refractivity contribution in [2.24, 2.45) is 0 Å². The Hall–Kier alpha value is -2.82. The number of H-pyrrole nitrogens is 1. The molecular weight excluding hydrogens is 256 g/mol. The van der Waals surface area contributed by atoms with Crippen LogP contribution in [-0.2, 0) is 6.61 Å². The molecule has 0 atom stereocenters. The van der Waals surface area contributed by atoms with Gasteiger partial charge in [-0.15, -0.1) is 0 Å². The Balaban J connectivity index is 1.80. The van der Waals surface area contributed by atoms with Gasteiger partial charge in [0.1, 0.15) is 12.4 Å². The van der Waals surface area contributed by atoms with Crippen LogP contribution in [0.1, 0.15) is 16.1 Å². The molecule has 0 radical (unpaired) electrons. The minimum absolute atomic E-state index is 0.274. The van der Waals surface area contributed by atoms with E-state index >= 15 is 0 Å². The SMILES string of the molecule is O=C(O)c1ccc2[nH]c(COc3cccnc3)cc2c1. The van der Waals surface area contributed by atoms with Crippen molar-refractivity contribution >= 4 is 16.9 Å². The maximum atomic E-state index is 10.9. The first-order chi connectivity index (χ1) is 9.72. The van der Waals surface area contributed by atoms with Crippen molar-refractivity contribution in [3.05, 3.63) is 60.0 Å². The number of ether oxygens (including phenoxy) is 1. The molecule has 0 unspecified atom stereocenters. The van der Waals surface area contributed by atoms with E-state index in [1.807, 2.05) is 12.1 Å². The van der Waals surface area contributed by atoms with Crippen LogP contribution in [0.3, 0.4) is 0 Å². The van der Waals surface area contributed by atoms with E-state index in [1.165, 1.54) is 0 Å². The van der Waals surface area contributed by atoms with Gasteiger partial charge < -0.3 is 14.8 Å². The number of carbonyl (C=O) groups is 1. The highest BCUT2D eigenvalue weighted by atomic mass is 16.5. The largest absolute Gasteiger partial charge is 0.486 e. The van der Waals surface area contributed by atoms with Gasteiger partial charge in [-0.25, -0.2) is 4.79 Å². The van der Waals surface area contributed by atoms with Gasteiger partial charge >= 0.3 is 5.97 Å². The minimum Gasteiger partial charge on any atom is -0.486 e. The van der Waals surface area contributed by atoms with Gasteiger partial charge in [-0.3, -0.25) is 4.98 Å². The smallest absolute Gasteiger partial charge is 0.335 e. The molecule has 0 aliphatic heterocycles. The summed E-state index contributed by atoms with van der Waals surface area (Å²) in [6.45, 7) is 0.378. The van der Waals surface area contributed by atoms with Gasteiger partial charge in [-0.05, 0) is 36.4 Å². The van der Waals surface area contributed by atoms with E-state index in [4.69, 9.17) is 9.84 Å². The Morgan fingerprint density at radius 1 is 1.30 bits per heavy atom. The number of fused-ring (bicyclic) bond motifs is 1. The Kier molecular flexibility index (Phi) is 3.09. The first-order valence-corrected chi connectivity index (χ1v) is 6.10. The first kappa shape index (κ1) is 12.2. The van der Waals surface area contributed by atoms with Gasteiger partial charge in [0.15, 0.2) is 0 Å². The summed E-state index contributed by atoms with van der Waals surface area (Å²) >= 11 is 0. The number of hydrogen-bond acceptors (Lipinski definition) is 3. The lowest BCUT2D eigenvalue weighted by molar-refractivity contribution is 0.0697. The summed E-state index contributed by atoms with van der Waals surface area (Å²) in [5.41, 5.74) is 2.04. The summed E-state index contributed by atoms with van der Waals surface area (Å²) in [6.07, 6.45) is 3.33. The van der Waals surface area contributed by atoms with Crippen LogP contribution in [0.25, 0.3) is 10.9 Å². The number of aromatic amines is 1. The number of nitrogens with zero attached hydrogens (tertiary/aromatic N) is 1. The zero-order valence-corrected chi connectivity index (χ0v) is 10.5. The van der Waals surface area contributed by atoms with Crippen LogP contribution in [0.2, 0.25) is 0 Å². The van der Waals surface area contributed by atoms with Crippen molar-refractivity contribution in [1.29, 1.82) is 0 Å². The molecule has 5 heteroatoms. The highest BCUT2D eigenvalue weighted by molar-refractivity contribution is 5.93. The summed E-state index contributed by atoms with van der Waals surface area (Å²) in [7, 11) is 0. The number of hydrogen-bond donors (Lipinski definition) is 2. The standard InChI is InChI=1S/C15H12N2O3/c18-15(19)10-3-4-14-11(6-10)7-12(17-14)9-20-13-2-1-5-16-8-13/h1-8,17H,9H2,(H,18,19). The van der Waals surface area contributed by atoms with Crippen LogP contribution >= 0.6 is 0 Å². The molecule has 20 heavy (non-hydrogen) atoms. The van der Waals surface area contributed by atoms with E-state index in [2.05, 4.69) is 9.97 Å². The Labute approximate surface area is 114 Å². The van der Waals surface area contributed by atoms with E-state index in [0.717, 1.165) is 16.6 Å². The zero-order chi connectivity index (χ0) is 13.9. The number of rotatable bonds is 4. The van der Waals surface area contributed by atoms with Crippen LogP contribution in [0.4, 0.5) is 0 Å². The number of aromatic carboxylic acids is 1. The van der Waals surface area contributed by atoms with E-state index in [1.54, 1.807) is 36.7 Å². The number of nitrogens with one attached hydrogen (secondary N) is 1. The van der Waals surface area contributed by atoms with Crippen molar-refractivity contribution in [2.45, 2.75) is 6.61 Å². The minimum atomic E-state index is -0.929. The molecule has 0 saturated heterocycles. The molecule has 0 bridgehead atoms. The molecule has 2 N–H and O–H groups in total. The predicted molar refractivity (Wildman–Crippen MR) is 73.8 cm³/mol. The Morgan fingerprint density at radius 2 is 2.20 bits per heavy atom. The summed E-state index contributed by atoms with van der Waals surface area (Å²) in [5.74, 6) is -0.237. The van der Waals surface area contributed by atoms with Crippen molar-refractivity contribution in [3.8, 4) is 5.75 Å². The van der Waals surface area contributed by atoms with Gasteiger partial charge in [0.2, 0.25) is 0 Å². The number of pyridine rings is 1. The zero-order valence-electron chi connectivity index (χ0n) is 10.5. The van der Waals surface area contributed by atoms with Crippen molar-refractivity contribution < 1.29 is 14.6 Å². The summed E-state index contributed by atoms with van der Waals surface area (Å²) in [5, 5.41) is 9.82. The molecular formula is C15H12N2O3. The molecule has 2 aromatic heterocycles. The fourth-order valence-corrected chi connectivity index (χ4v) is 2.00. The molecule has 0 amide bonds. The van der Waals surface area contributed by atoms with Crippen LogP contribution in [0, 0.1) is 0 Å². The predicted octanol–water partition coefficient (Wildman–Crippen LogP) is 2.84. The van der Waals surface area contributed by atoms with E-state index in [0.29, 0.717) is 12.4 Å². The van der Waals surface area contributed by atoms with Crippen molar-refractivity contribution in [1.82, 2.24) is 9.97 Å². The molecule has 0 saturated carbocycles. The maximum Gasteiger partial charge on any atom is 0.335 e. The average molecular weight is 268 g/mol. The second kappa shape index (κ2) is 5.05. The van der Waals surface area contributed by atoms with Gasteiger partial charge in [-0.2, -0.15) is 0 Å². The molecule has 100 valence electrons. The highest BCUT2D eigenvalue weighted by Crippen LogP contribution is 2.18. The fourth-order valence-electron chi connectivity index (χ4n) is 2.00. The summed E-state index contributed by atoms with van der Waals surface area (Å²) < 4.78 is 5.59. The third-order valence-corrected chi connectivity index (χ3v) is 2.95. The van der Waals surface area contributed by atoms with Gasteiger partial charge in [-0.1, -0.05) is 0 Å². The van der Waals surface area contributed by atoms with Crippen LogP contribution < -0.4 is 4.74 Å². The monoisotopic (exact) mass is 268 g/mol. The molecule has 1 aromatic carbocycles. The van der Waals surface area contributed by atoms with Crippen LogP contribution in [0.5, 0.6) is 5.75 Å². The molecule has 3 rings (SSSR count). The number of benzene rings is 1. The third-order valence-electron chi connectivity index (χ3n) is 2.95. The van der Waals surface area contributed by atoms with Gasteiger partial charge in [0, 0.05) is 17.1 Å². The number of carboxylic acid groups (broad SMARTS) is 1. The summed E-state index contributed by atoms with van der Waals surface area (Å²) in [6, 6.07) is 10.5. The number of aromatic nitrogens is 2. The van der Waals surface area contributed by atoms with Crippen molar-refractivity contribution in [3.63, 3.8) is 0 Å². The van der Waals surface area contributed by atoms with Crippen LogP contribution in [-0.4, -0.2) is 21.0 Å². The molecule has 0 spiro atoms. The average Bonchev–Trinajstić information content (AvgIpc) is 2.88. The fraction of sp³-hybridized carbons (Fsp3) is 0.0667. The molecule has 2 heterocycles. The Bertz CT molecular complexity index is 750. The molecule has 0 aliphatic carbocycles. The van der Waals surface area contributed by atoms with Gasteiger partial charge in [0.05, 0.1) is 17.5 Å².